The summed E-state index contributed by atoms with van der Waals surface area (Å²) in [5, 5.41) is 0.967. The van der Waals surface area contributed by atoms with E-state index >= 15 is 0 Å². The van der Waals surface area contributed by atoms with Crippen LogP contribution in [0.25, 0.3) is 16.6 Å². The number of hydrogen-bond acceptors (Lipinski definition) is 5. The van der Waals surface area contributed by atoms with Gasteiger partial charge >= 0.3 is 5.97 Å². The van der Waals surface area contributed by atoms with Crippen molar-refractivity contribution in [1.29, 1.82) is 0 Å². The second-order valence-corrected chi connectivity index (χ2v) is 7.59. The largest absolute Gasteiger partial charge is 0.497 e. The lowest BCUT2D eigenvalue weighted by Crippen LogP contribution is -2.46. The molecule has 1 atom stereocenters. The van der Waals surface area contributed by atoms with Crippen LogP contribution in [0.4, 0.5) is 0 Å². The van der Waals surface area contributed by atoms with Gasteiger partial charge in [-0.3, -0.25) is 14.5 Å². The van der Waals surface area contributed by atoms with Crippen LogP contribution in [0.3, 0.4) is 0 Å². The highest BCUT2D eigenvalue weighted by atomic mass is 16.5. The van der Waals surface area contributed by atoms with Gasteiger partial charge in [0.25, 0.3) is 0 Å². The van der Waals surface area contributed by atoms with E-state index < -0.39 is 12.0 Å². The fourth-order valence-electron chi connectivity index (χ4n) is 4.52. The SMILES string of the molecule is COC(=O)[C@@H]1Cc2c([nH]c3ccccc23)C2=C(C(=O)c3ccc(OC)cc3)CC(=O)N21. The summed E-state index contributed by atoms with van der Waals surface area (Å²) in [6.07, 6.45) is 0.258. The standard InChI is InChI=1S/C24H20N2O5/c1-30-14-9-7-13(8-10-14)23(28)17-12-20(27)26-19(24(29)31-2)11-16-15-5-3-4-6-18(15)25-21(16)22(17)26/h3-10,19,25H,11-12H2,1-2H3/t19-/m0/s1. The molecule has 3 heterocycles. The number of aromatic amines is 1. The number of methoxy groups -OCH3 is 2. The van der Waals surface area contributed by atoms with Crippen LogP contribution in [0.1, 0.15) is 28.0 Å². The number of carbonyl (C=O) groups is 3. The van der Waals surface area contributed by atoms with Crippen LogP contribution in [-0.2, 0) is 20.7 Å². The molecule has 156 valence electrons. The van der Waals surface area contributed by atoms with Crippen LogP contribution in [-0.4, -0.2) is 47.8 Å². The Labute approximate surface area is 178 Å². The summed E-state index contributed by atoms with van der Waals surface area (Å²) in [7, 11) is 2.86. The Bertz CT molecular complexity index is 1270. The van der Waals surface area contributed by atoms with Crippen LogP contribution in [0.15, 0.2) is 54.1 Å². The van der Waals surface area contributed by atoms with Crippen LogP contribution in [0.2, 0.25) is 0 Å². The molecule has 2 aliphatic rings. The summed E-state index contributed by atoms with van der Waals surface area (Å²) in [6.45, 7) is 0. The predicted molar refractivity (Wildman–Crippen MR) is 114 cm³/mol. The van der Waals surface area contributed by atoms with Crippen molar-refractivity contribution in [3.05, 3.63) is 70.9 Å². The van der Waals surface area contributed by atoms with Gasteiger partial charge in [-0.1, -0.05) is 18.2 Å². The normalized spacial score (nSPS) is 17.5. The lowest BCUT2D eigenvalue weighted by atomic mass is 9.92. The van der Waals surface area contributed by atoms with Crippen molar-refractivity contribution in [2.24, 2.45) is 0 Å². The van der Waals surface area contributed by atoms with Gasteiger partial charge in [-0.2, -0.15) is 0 Å². The zero-order valence-electron chi connectivity index (χ0n) is 17.1. The van der Waals surface area contributed by atoms with E-state index in [1.807, 2.05) is 24.3 Å². The zero-order valence-corrected chi connectivity index (χ0v) is 17.1. The number of Topliss-reactive ketones (excluding diaryl/α,β-unsaturated/α-hetero) is 1. The Hall–Kier alpha value is -3.87. The van der Waals surface area contributed by atoms with E-state index in [9.17, 15) is 14.4 Å². The Morgan fingerprint density at radius 3 is 2.52 bits per heavy atom. The number of amides is 1. The fourth-order valence-corrected chi connectivity index (χ4v) is 4.52. The number of esters is 1. The number of benzene rings is 2. The maximum atomic E-state index is 13.4. The van der Waals surface area contributed by atoms with Crippen molar-refractivity contribution in [2.75, 3.05) is 14.2 Å². The Kier molecular flexibility index (Phi) is 4.39. The van der Waals surface area contributed by atoms with Gasteiger partial charge in [0.05, 0.1) is 32.0 Å². The Balaban J connectivity index is 1.72. The van der Waals surface area contributed by atoms with Gasteiger partial charge in [0, 0.05) is 28.5 Å². The predicted octanol–water partition coefficient (Wildman–Crippen LogP) is 3.10. The molecule has 2 aromatic carbocycles. The third kappa shape index (κ3) is 2.84. The number of ketones is 1. The molecule has 0 bridgehead atoms. The van der Waals surface area contributed by atoms with Gasteiger partial charge in [-0.25, -0.2) is 4.79 Å². The number of hydrogen-bond donors (Lipinski definition) is 1. The first-order valence-corrected chi connectivity index (χ1v) is 9.95. The van der Waals surface area contributed by atoms with Gasteiger partial charge in [0.1, 0.15) is 11.8 Å². The molecule has 0 saturated heterocycles. The maximum absolute atomic E-state index is 13.4. The molecular formula is C24H20N2O5. The van der Waals surface area contributed by atoms with Crippen LogP contribution in [0.5, 0.6) is 5.75 Å². The van der Waals surface area contributed by atoms with E-state index in [2.05, 4.69) is 4.98 Å². The summed E-state index contributed by atoms with van der Waals surface area (Å²) in [5.74, 6) is -0.394. The number of H-pyrrole nitrogens is 1. The molecule has 0 fully saturated rings. The summed E-state index contributed by atoms with van der Waals surface area (Å²) in [6, 6.07) is 13.7. The number of aromatic nitrogens is 1. The van der Waals surface area contributed by atoms with Crippen molar-refractivity contribution >= 4 is 34.3 Å². The number of ether oxygens (including phenoxy) is 2. The van der Waals surface area contributed by atoms with Crippen molar-refractivity contribution < 1.29 is 23.9 Å². The Morgan fingerprint density at radius 1 is 1.06 bits per heavy atom. The third-order valence-corrected chi connectivity index (χ3v) is 5.98. The number of carbonyl (C=O) groups excluding carboxylic acids is 3. The van der Waals surface area contributed by atoms with E-state index in [0.717, 1.165) is 16.5 Å². The van der Waals surface area contributed by atoms with Gasteiger partial charge in [-0.15, -0.1) is 0 Å². The van der Waals surface area contributed by atoms with E-state index in [1.165, 1.54) is 12.0 Å². The molecule has 1 amide bonds. The first-order valence-electron chi connectivity index (χ1n) is 9.95. The molecular weight excluding hydrogens is 396 g/mol. The monoisotopic (exact) mass is 416 g/mol. The molecule has 0 spiro atoms. The van der Waals surface area contributed by atoms with Gasteiger partial charge < -0.3 is 14.5 Å². The number of rotatable bonds is 4. The first kappa shape index (κ1) is 19.1. The molecule has 2 aliphatic heterocycles. The van der Waals surface area contributed by atoms with Crippen LogP contribution < -0.4 is 4.74 Å². The van der Waals surface area contributed by atoms with Gasteiger partial charge in [-0.05, 0) is 35.9 Å². The molecule has 3 aromatic rings. The van der Waals surface area contributed by atoms with Crippen LogP contribution in [0, 0.1) is 0 Å². The minimum Gasteiger partial charge on any atom is -0.497 e. The number of para-hydroxylation sites is 1. The molecule has 0 saturated carbocycles. The maximum Gasteiger partial charge on any atom is 0.329 e. The van der Waals surface area contributed by atoms with E-state index in [4.69, 9.17) is 9.47 Å². The average molecular weight is 416 g/mol. The molecule has 31 heavy (non-hydrogen) atoms. The van der Waals surface area contributed by atoms with Gasteiger partial charge in [0.15, 0.2) is 5.78 Å². The highest BCUT2D eigenvalue weighted by Gasteiger charge is 2.46. The lowest BCUT2D eigenvalue weighted by molar-refractivity contribution is -0.149. The smallest absolute Gasteiger partial charge is 0.329 e. The second kappa shape index (κ2) is 7.12. The topological polar surface area (TPSA) is 88.7 Å². The molecule has 0 unspecified atom stereocenters. The number of nitrogens with zero attached hydrogens (tertiary/aromatic N) is 1. The number of nitrogens with one attached hydrogen (secondary N) is 1. The minimum atomic E-state index is -0.805. The molecule has 7 nitrogen and oxygen atoms in total. The van der Waals surface area contributed by atoms with Crippen molar-refractivity contribution in [3.8, 4) is 5.75 Å². The highest BCUT2D eigenvalue weighted by Crippen LogP contribution is 2.43. The molecule has 0 radical (unpaired) electrons. The Morgan fingerprint density at radius 2 is 1.81 bits per heavy atom. The van der Waals surface area contributed by atoms with Crippen LogP contribution >= 0.6 is 0 Å². The fraction of sp³-hybridized carbons (Fsp3) is 0.208. The molecule has 1 N–H and O–H groups in total. The van der Waals surface area contributed by atoms with Crippen molar-refractivity contribution in [3.63, 3.8) is 0 Å². The quantitative estimate of drug-likeness (QED) is 0.522. The van der Waals surface area contributed by atoms with Crippen molar-refractivity contribution in [1.82, 2.24) is 9.88 Å². The third-order valence-electron chi connectivity index (χ3n) is 5.98. The number of fused-ring (bicyclic) bond motifs is 5. The van der Waals surface area contributed by atoms with E-state index in [0.29, 0.717) is 34.7 Å². The minimum absolute atomic E-state index is 0.0670. The molecule has 0 aliphatic carbocycles. The second-order valence-electron chi connectivity index (χ2n) is 7.59. The van der Waals surface area contributed by atoms with E-state index in [1.54, 1.807) is 31.4 Å². The molecule has 5 rings (SSSR count). The summed E-state index contributed by atoms with van der Waals surface area (Å²) < 4.78 is 10.2. The van der Waals surface area contributed by atoms with Gasteiger partial charge in [0.2, 0.25) is 5.91 Å². The average Bonchev–Trinajstić information content (AvgIpc) is 3.35. The molecule has 7 heteroatoms. The van der Waals surface area contributed by atoms with Crippen molar-refractivity contribution in [2.45, 2.75) is 18.9 Å². The highest BCUT2D eigenvalue weighted by molar-refractivity contribution is 6.20. The molecule has 1 aromatic heterocycles. The zero-order chi connectivity index (χ0) is 21.7. The lowest BCUT2D eigenvalue weighted by Gasteiger charge is -2.33. The van der Waals surface area contributed by atoms with E-state index in [-0.39, 0.29) is 18.1 Å². The summed E-state index contributed by atoms with van der Waals surface area (Å²) in [4.78, 5) is 43.8. The summed E-state index contributed by atoms with van der Waals surface area (Å²) in [5.41, 5.74) is 3.81. The first-order chi connectivity index (χ1) is 15.0. The summed E-state index contributed by atoms with van der Waals surface area (Å²) >= 11 is 0.